The highest BCUT2D eigenvalue weighted by molar-refractivity contribution is 5.98. The van der Waals surface area contributed by atoms with Crippen molar-refractivity contribution in [1.29, 1.82) is 0 Å². The number of carbonyl (C=O) groups excluding carboxylic acids is 1. The van der Waals surface area contributed by atoms with Gasteiger partial charge in [-0.05, 0) is 50.2 Å². The summed E-state index contributed by atoms with van der Waals surface area (Å²) in [5.74, 6) is -0.378. The van der Waals surface area contributed by atoms with Crippen molar-refractivity contribution in [3.05, 3.63) is 35.1 Å². The van der Waals surface area contributed by atoms with E-state index in [1.807, 2.05) is 6.92 Å². The Bertz CT molecular complexity index is 452. The smallest absolute Gasteiger partial charge is 0.168 e. The van der Waals surface area contributed by atoms with Crippen molar-refractivity contribution >= 4 is 5.78 Å². The fourth-order valence-corrected chi connectivity index (χ4v) is 2.71. The molecule has 1 nitrogen and oxygen atoms in total. The summed E-state index contributed by atoms with van der Waals surface area (Å²) in [4.78, 5) is 12.3. The zero-order valence-corrected chi connectivity index (χ0v) is 11.4. The molecular formula is C16H21FO. The lowest BCUT2D eigenvalue weighted by Gasteiger charge is -2.33. The summed E-state index contributed by atoms with van der Waals surface area (Å²) in [5, 5.41) is 0. The first-order valence-electron chi connectivity index (χ1n) is 6.69. The van der Waals surface area contributed by atoms with E-state index in [2.05, 4.69) is 13.8 Å². The summed E-state index contributed by atoms with van der Waals surface area (Å²) in [6.07, 6.45) is 3.88. The van der Waals surface area contributed by atoms with Gasteiger partial charge in [-0.3, -0.25) is 4.79 Å². The highest BCUT2D eigenvalue weighted by Gasteiger charge is 2.31. The molecule has 2 rings (SSSR count). The Kier molecular flexibility index (Phi) is 3.56. The number of halogens is 1. The van der Waals surface area contributed by atoms with E-state index < -0.39 is 0 Å². The van der Waals surface area contributed by atoms with Crippen molar-refractivity contribution in [3.63, 3.8) is 0 Å². The molecule has 1 saturated carbocycles. The van der Waals surface area contributed by atoms with Gasteiger partial charge in [0, 0.05) is 5.92 Å². The molecule has 98 valence electrons. The van der Waals surface area contributed by atoms with E-state index in [9.17, 15) is 9.18 Å². The van der Waals surface area contributed by atoms with Gasteiger partial charge in [-0.2, -0.15) is 0 Å². The average molecular weight is 248 g/mol. The number of aryl methyl sites for hydroxylation is 1. The van der Waals surface area contributed by atoms with Crippen LogP contribution in [0.2, 0.25) is 0 Å². The van der Waals surface area contributed by atoms with Crippen molar-refractivity contribution in [2.75, 3.05) is 0 Å². The van der Waals surface area contributed by atoms with Gasteiger partial charge in [0.05, 0.1) is 5.56 Å². The van der Waals surface area contributed by atoms with E-state index in [1.165, 1.54) is 6.07 Å². The summed E-state index contributed by atoms with van der Waals surface area (Å²) in [6, 6.07) is 4.78. The van der Waals surface area contributed by atoms with Gasteiger partial charge in [0.1, 0.15) is 5.82 Å². The fraction of sp³-hybridized carbons (Fsp3) is 0.562. The topological polar surface area (TPSA) is 17.1 Å². The molecule has 0 saturated heterocycles. The normalized spacial score (nSPS) is 19.8. The Hall–Kier alpha value is -1.18. The molecule has 18 heavy (non-hydrogen) atoms. The summed E-state index contributed by atoms with van der Waals surface area (Å²) in [6.45, 7) is 6.36. The number of rotatable bonds is 2. The van der Waals surface area contributed by atoms with Gasteiger partial charge in [0.25, 0.3) is 0 Å². The lowest BCUT2D eigenvalue weighted by atomic mass is 9.71. The van der Waals surface area contributed by atoms with Crippen molar-refractivity contribution < 1.29 is 9.18 Å². The summed E-state index contributed by atoms with van der Waals surface area (Å²) < 4.78 is 13.7. The molecule has 1 aromatic rings. The maximum atomic E-state index is 13.7. The third-order valence-corrected chi connectivity index (χ3v) is 4.10. The van der Waals surface area contributed by atoms with Gasteiger partial charge >= 0.3 is 0 Å². The van der Waals surface area contributed by atoms with Gasteiger partial charge in [0.15, 0.2) is 5.78 Å². The Balaban J connectivity index is 2.15. The average Bonchev–Trinajstić information content (AvgIpc) is 2.31. The standard InChI is InChI=1S/C16H21FO/c1-11-4-5-14(17)13(10-11)15(18)12-6-8-16(2,3)9-7-12/h4-5,10,12H,6-9H2,1-3H3. The summed E-state index contributed by atoms with van der Waals surface area (Å²) in [5.41, 5.74) is 1.55. The van der Waals surface area contributed by atoms with E-state index in [-0.39, 0.29) is 23.1 Å². The summed E-state index contributed by atoms with van der Waals surface area (Å²) >= 11 is 0. The lowest BCUT2D eigenvalue weighted by molar-refractivity contribution is 0.0834. The first kappa shape index (κ1) is 13.3. The number of hydrogen-bond donors (Lipinski definition) is 0. The van der Waals surface area contributed by atoms with Crippen LogP contribution < -0.4 is 0 Å². The Morgan fingerprint density at radius 1 is 1.28 bits per heavy atom. The predicted molar refractivity (Wildman–Crippen MR) is 71.2 cm³/mol. The lowest BCUT2D eigenvalue weighted by Crippen LogP contribution is -2.26. The third-order valence-electron chi connectivity index (χ3n) is 4.10. The predicted octanol–water partition coefficient (Wildman–Crippen LogP) is 4.53. The molecule has 1 aliphatic carbocycles. The van der Waals surface area contributed by atoms with Crippen molar-refractivity contribution in [2.45, 2.75) is 46.5 Å². The van der Waals surface area contributed by atoms with Gasteiger partial charge in [-0.25, -0.2) is 4.39 Å². The van der Waals surface area contributed by atoms with Crippen LogP contribution in [0.15, 0.2) is 18.2 Å². The molecule has 0 aromatic heterocycles. The van der Waals surface area contributed by atoms with Crippen LogP contribution in [0.1, 0.15) is 55.5 Å². The molecule has 0 amide bonds. The Labute approximate surface area is 108 Å². The van der Waals surface area contributed by atoms with E-state index in [1.54, 1.807) is 12.1 Å². The van der Waals surface area contributed by atoms with Crippen molar-refractivity contribution in [1.82, 2.24) is 0 Å². The monoisotopic (exact) mass is 248 g/mol. The first-order valence-corrected chi connectivity index (χ1v) is 6.69. The van der Waals surface area contributed by atoms with Crippen LogP contribution in [0.5, 0.6) is 0 Å². The van der Waals surface area contributed by atoms with E-state index in [0.717, 1.165) is 31.2 Å². The first-order chi connectivity index (χ1) is 8.39. The molecule has 0 spiro atoms. The molecule has 0 atom stereocenters. The van der Waals surface area contributed by atoms with Crippen LogP contribution in [0, 0.1) is 24.1 Å². The minimum absolute atomic E-state index is 0.00769. The second kappa shape index (κ2) is 4.83. The van der Waals surface area contributed by atoms with Crippen LogP contribution >= 0.6 is 0 Å². The molecule has 0 N–H and O–H groups in total. The zero-order valence-electron chi connectivity index (χ0n) is 11.4. The highest BCUT2D eigenvalue weighted by atomic mass is 19.1. The molecule has 2 heteroatoms. The minimum atomic E-state index is -0.379. The molecule has 1 aromatic carbocycles. The summed E-state index contributed by atoms with van der Waals surface area (Å²) in [7, 11) is 0. The van der Waals surface area contributed by atoms with Gasteiger partial charge < -0.3 is 0 Å². The number of Topliss-reactive ketones (excluding diaryl/α,β-unsaturated/α-hetero) is 1. The highest BCUT2D eigenvalue weighted by Crippen LogP contribution is 2.39. The molecule has 0 heterocycles. The van der Waals surface area contributed by atoms with Gasteiger partial charge in [-0.15, -0.1) is 0 Å². The molecule has 0 bridgehead atoms. The van der Waals surface area contributed by atoms with E-state index in [0.29, 0.717) is 5.41 Å². The number of hydrogen-bond acceptors (Lipinski definition) is 1. The number of carbonyl (C=O) groups is 1. The number of benzene rings is 1. The molecular weight excluding hydrogens is 227 g/mol. The fourth-order valence-electron chi connectivity index (χ4n) is 2.71. The van der Waals surface area contributed by atoms with Crippen molar-refractivity contribution in [2.24, 2.45) is 11.3 Å². The molecule has 0 unspecified atom stereocenters. The molecule has 0 aliphatic heterocycles. The van der Waals surface area contributed by atoms with E-state index >= 15 is 0 Å². The van der Waals surface area contributed by atoms with Crippen LogP contribution in [0.25, 0.3) is 0 Å². The van der Waals surface area contributed by atoms with Gasteiger partial charge in [-0.1, -0.05) is 25.5 Å². The SMILES string of the molecule is Cc1ccc(F)c(C(=O)C2CCC(C)(C)CC2)c1. The van der Waals surface area contributed by atoms with Crippen LogP contribution in [-0.4, -0.2) is 5.78 Å². The maximum absolute atomic E-state index is 13.7. The number of ketones is 1. The maximum Gasteiger partial charge on any atom is 0.168 e. The Morgan fingerprint density at radius 2 is 1.89 bits per heavy atom. The molecule has 0 radical (unpaired) electrons. The molecule has 1 fully saturated rings. The third kappa shape index (κ3) is 2.80. The van der Waals surface area contributed by atoms with E-state index in [4.69, 9.17) is 0 Å². The second-order valence-electron chi connectivity index (χ2n) is 6.29. The minimum Gasteiger partial charge on any atom is -0.294 e. The second-order valence-corrected chi connectivity index (χ2v) is 6.29. The molecule has 1 aliphatic rings. The quantitative estimate of drug-likeness (QED) is 0.702. The van der Waals surface area contributed by atoms with Crippen LogP contribution in [0.4, 0.5) is 4.39 Å². The van der Waals surface area contributed by atoms with Gasteiger partial charge in [0.2, 0.25) is 0 Å². The largest absolute Gasteiger partial charge is 0.294 e. The van der Waals surface area contributed by atoms with Crippen LogP contribution in [0.3, 0.4) is 0 Å². The zero-order chi connectivity index (χ0) is 13.3. The Morgan fingerprint density at radius 3 is 2.50 bits per heavy atom. The van der Waals surface area contributed by atoms with Crippen LogP contribution in [-0.2, 0) is 0 Å². The van der Waals surface area contributed by atoms with Crippen molar-refractivity contribution in [3.8, 4) is 0 Å².